The van der Waals surface area contributed by atoms with E-state index in [2.05, 4.69) is 29.4 Å². The molecule has 1 amide bonds. The van der Waals surface area contributed by atoms with Crippen LogP contribution in [0.2, 0.25) is 0 Å². The number of carbonyl (C=O) groups is 1. The van der Waals surface area contributed by atoms with Crippen LogP contribution in [0, 0.1) is 11.8 Å². The van der Waals surface area contributed by atoms with Crippen LogP contribution in [0.3, 0.4) is 0 Å². The first-order valence-electron chi connectivity index (χ1n) is 9.02. The van der Waals surface area contributed by atoms with Gasteiger partial charge in [0.1, 0.15) is 6.61 Å². The van der Waals surface area contributed by atoms with Gasteiger partial charge in [0.05, 0.1) is 4.90 Å². The molecule has 1 fully saturated rings. The molecule has 2 atom stereocenters. The summed E-state index contributed by atoms with van der Waals surface area (Å²) < 4.78 is 37.4. The van der Waals surface area contributed by atoms with Crippen LogP contribution in [0.15, 0.2) is 33.6 Å². The third-order valence-corrected chi connectivity index (χ3v) is 6.39. The molecule has 0 spiro atoms. The van der Waals surface area contributed by atoms with Crippen molar-refractivity contribution in [2.45, 2.75) is 31.8 Å². The molecule has 1 aliphatic heterocycles. The van der Waals surface area contributed by atoms with Crippen molar-refractivity contribution >= 4 is 21.9 Å². The molecule has 28 heavy (non-hydrogen) atoms. The maximum atomic E-state index is 12.9. The number of nitrogens with one attached hydrogen (secondary N) is 1. The number of rotatable bonds is 6. The van der Waals surface area contributed by atoms with Crippen LogP contribution in [0.5, 0.6) is 0 Å². The lowest BCUT2D eigenvalue weighted by atomic mass is 9.94. The van der Waals surface area contributed by atoms with E-state index >= 15 is 0 Å². The van der Waals surface area contributed by atoms with Gasteiger partial charge in [0.25, 0.3) is 5.91 Å². The summed E-state index contributed by atoms with van der Waals surface area (Å²) >= 11 is 0. The van der Waals surface area contributed by atoms with Gasteiger partial charge < -0.3 is 9.15 Å². The van der Waals surface area contributed by atoms with E-state index in [1.807, 2.05) is 0 Å². The summed E-state index contributed by atoms with van der Waals surface area (Å²) in [5.74, 6) is 0.406. The highest BCUT2D eigenvalue weighted by atomic mass is 32.2. The number of methoxy groups -OCH3 is 1. The quantitative estimate of drug-likeness (QED) is 0.778. The molecule has 2 aromatic rings. The third kappa shape index (κ3) is 4.57. The normalized spacial score (nSPS) is 20.8. The number of benzene rings is 1. The average Bonchev–Trinajstić information content (AvgIpc) is 3.08. The minimum atomic E-state index is -3.59. The summed E-state index contributed by atoms with van der Waals surface area (Å²) in [5, 5.41) is 9.90. The van der Waals surface area contributed by atoms with E-state index in [-0.39, 0.29) is 29.0 Å². The number of piperidine rings is 1. The standard InChI is InChI=1S/C18H24N4O5S/c1-12-8-13(2)10-22(9-12)28(24,25)15-6-4-14(5-7-15)17(23)19-18-21-20-16(27-18)11-26-3/h4-7,12-13H,8-11H2,1-3H3,(H,19,21,23)/t12-,13-/m0/s1. The third-order valence-electron chi connectivity index (χ3n) is 4.54. The maximum absolute atomic E-state index is 12.9. The summed E-state index contributed by atoms with van der Waals surface area (Å²) in [6, 6.07) is 5.76. The number of hydrogen-bond acceptors (Lipinski definition) is 7. The van der Waals surface area contributed by atoms with Crippen LogP contribution in [0.25, 0.3) is 0 Å². The fraction of sp³-hybridized carbons (Fsp3) is 0.500. The Morgan fingerprint density at radius 3 is 2.46 bits per heavy atom. The fourth-order valence-corrected chi connectivity index (χ4v) is 5.06. The summed E-state index contributed by atoms with van der Waals surface area (Å²) in [7, 11) is -2.10. The first-order valence-corrected chi connectivity index (χ1v) is 10.5. The first kappa shape index (κ1) is 20.4. The van der Waals surface area contributed by atoms with E-state index in [1.165, 1.54) is 35.7 Å². The maximum Gasteiger partial charge on any atom is 0.322 e. The van der Waals surface area contributed by atoms with Crippen molar-refractivity contribution in [1.29, 1.82) is 0 Å². The Hall–Kier alpha value is -2.30. The van der Waals surface area contributed by atoms with Gasteiger partial charge >= 0.3 is 6.01 Å². The smallest absolute Gasteiger partial charge is 0.322 e. The van der Waals surface area contributed by atoms with Crippen molar-refractivity contribution in [2.75, 3.05) is 25.5 Å². The molecule has 1 saturated heterocycles. The molecule has 9 nitrogen and oxygen atoms in total. The molecule has 2 heterocycles. The molecule has 1 N–H and O–H groups in total. The van der Waals surface area contributed by atoms with Gasteiger partial charge in [-0.15, -0.1) is 5.10 Å². The van der Waals surface area contributed by atoms with Gasteiger partial charge in [-0.3, -0.25) is 10.1 Å². The highest BCUT2D eigenvalue weighted by molar-refractivity contribution is 7.89. The molecular formula is C18H24N4O5S. The van der Waals surface area contributed by atoms with Crippen molar-refractivity contribution in [3.63, 3.8) is 0 Å². The molecule has 0 aliphatic carbocycles. The average molecular weight is 408 g/mol. The molecule has 0 unspecified atom stereocenters. The molecule has 0 radical (unpaired) electrons. The zero-order valence-electron chi connectivity index (χ0n) is 16.1. The monoisotopic (exact) mass is 408 g/mol. The molecule has 0 saturated carbocycles. The Morgan fingerprint density at radius 1 is 1.21 bits per heavy atom. The second-order valence-corrected chi connectivity index (χ2v) is 9.12. The van der Waals surface area contributed by atoms with E-state index < -0.39 is 15.9 Å². The SMILES string of the molecule is COCc1nnc(NC(=O)c2ccc(S(=O)(=O)N3C[C@@H](C)C[C@H](C)C3)cc2)o1. The van der Waals surface area contributed by atoms with Crippen LogP contribution >= 0.6 is 0 Å². The topological polar surface area (TPSA) is 115 Å². The van der Waals surface area contributed by atoms with Crippen LogP contribution in [0.1, 0.15) is 36.5 Å². The predicted octanol–water partition coefficient (Wildman–Crippen LogP) is 2.13. The lowest BCUT2D eigenvalue weighted by Crippen LogP contribution is -2.42. The Bertz CT molecular complexity index is 916. The molecular weight excluding hydrogens is 384 g/mol. The fourth-order valence-electron chi connectivity index (χ4n) is 3.38. The summed E-state index contributed by atoms with van der Waals surface area (Å²) in [5.41, 5.74) is 0.283. The molecule has 1 aliphatic rings. The van der Waals surface area contributed by atoms with Crippen molar-refractivity contribution in [3.05, 3.63) is 35.7 Å². The lowest BCUT2D eigenvalue weighted by Gasteiger charge is -2.34. The Morgan fingerprint density at radius 2 is 1.86 bits per heavy atom. The number of sulfonamides is 1. The van der Waals surface area contributed by atoms with Gasteiger partial charge in [0, 0.05) is 25.8 Å². The molecule has 10 heteroatoms. The van der Waals surface area contributed by atoms with Crippen molar-refractivity contribution < 1.29 is 22.4 Å². The number of carbonyl (C=O) groups excluding carboxylic acids is 1. The second-order valence-electron chi connectivity index (χ2n) is 7.18. The highest BCUT2D eigenvalue weighted by Crippen LogP contribution is 2.26. The molecule has 0 bridgehead atoms. The Balaban J connectivity index is 1.70. The predicted molar refractivity (Wildman–Crippen MR) is 101 cm³/mol. The van der Waals surface area contributed by atoms with E-state index in [1.54, 1.807) is 0 Å². The van der Waals surface area contributed by atoms with Crippen LogP contribution < -0.4 is 5.32 Å². The largest absolute Gasteiger partial charge is 0.405 e. The molecule has 1 aromatic carbocycles. The number of ether oxygens (including phenoxy) is 1. The highest BCUT2D eigenvalue weighted by Gasteiger charge is 2.31. The van der Waals surface area contributed by atoms with Crippen LogP contribution in [0.4, 0.5) is 6.01 Å². The summed E-state index contributed by atoms with van der Waals surface area (Å²) in [6.45, 7) is 5.28. The van der Waals surface area contributed by atoms with E-state index in [0.717, 1.165) is 6.42 Å². The second kappa shape index (κ2) is 8.38. The van der Waals surface area contributed by atoms with E-state index in [4.69, 9.17) is 9.15 Å². The minimum Gasteiger partial charge on any atom is -0.405 e. The van der Waals surface area contributed by atoms with Crippen molar-refractivity contribution in [1.82, 2.24) is 14.5 Å². The van der Waals surface area contributed by atoms with E-state index in [9.17, 15) is 13.2 Å². The zero-order valence-corrected chi connectivity index (χ0v) is 16.9. The molecule has 3 rings (SSSR count). The Labute approximate surface area is 164 Å². The summed E-state index contributed by atoms with van der Waals surface area (Å²) in [4.78, 5) is 12.5. The van der Waals surface area contributed by atoms with Crippen LogP contribution in [-0.2, 0) is 21.4 Å². The van der Waals surface area contributed by atoms with E-state index in [0.29, 0.717) is 24.9 Å². The van der Waals surface area contributed by atoms with Gasteiger partial charge in [-0.25, -0.2) is 8.42 Å². The lowest BCUT2D eigenvalue weighted by molar-refractivity contribution is 0.102. The number of anilines is 1. The van der Waals surface area contributed by atoms with Crippen molar-refractivity contribution in [3.8, 4) is 0 Å². The number of nitrogens with zero attached hydrogens (tertiary/aromatic N) is 3. The van der Waals surface area contributed by atoms with Gasteiger partial charge in [-0.2, -0.15) is 4.31 Å². The first-order chi connectivity index (χ1) is 13.3. The van der Waals surface area contributed by atoms with Gasteiger partial charge in [0.15, 0.2) is 0 Å². The molecule has 1 aromatic heterocycles. The van der Waals surface area contributed by atoms with Gasteiger partial charge in [0.2, 0.25) is 15.9 Å². The minimum absolute atomic E-state index is 0.0509. The van der Waals surface area contributed by atoms with Crippen molar-refractivity contribution in [2.24, 2.45) is 11.8 Å². The molecule has 152 valence electrons. The summed E-state index contributed by atoms with van der Waals surface area (Å²) in [6.07, 6.45) is 1.02. The van der Waals surface area contributed by atoms with Gasteiger partial charge in [-0.1, -0.05) is 18.9 Å². The Kier molecular flexibility index (Phi) is 6.11. The number of hydrogen-bond donors (Lipinski definition) is 1. The number of aromatic nitrogens is 2. The van der Waals surface area contributed by atoms with Crippen LogP contribution in [-0.4, -0.2) is 49.0 Å². The zero-order chi connectivity index (χ0) is 20.3. The number of amides is 1. The van der Waals surface area contributed by atoms with Gasteiger partial charge in [-0.05, 0) is 42.5 Å².